The summed E-state index contributed by atoms with van der Waals surface area (Å²) in [5, 5.41) is 3.29. The zero-order valence-electron chi connectivity index (χ0n) is 21.4. The number of benzene rings is 2. The molecule has 4 heterocycles. The Balaban J connectivity index is 0.928. The van der Waals surface area contributed by atoms with Crippen LogP contribution in [0.2, 0.25) is 0 Å². The zero-order valence-corrected chi connectivity index (χ0v) is 21.4. The van der Waals surface area contributed by atoms with Gasteiger partial charge in [-0.3, -0.25) is 0 Å². The second-order valence-electron chi connectivity index (χ2n) is 9.58. The van der Waals surface area contributed by atoms with Crippen LogP contribution in [0.3, 0.4) is 0 Å². The lowest BCUT2D eigenvalue weighted by atomic mass is 10.1. The molecule has 200 valence electrons. The fraction of sp³-hybridized carbons (Fsp3) is 0.290. The van der Waals surface area contributed by atoms with Crippen molar-refractivity contribution in [1.82, 2.24) is 0 Å². The summed E-state index contributed by atoms with van der Waals surface area (Å²) in [6.45, 7) is 1.17. The average Bonchev–Trinajstić information content (AvgIpc) is 3.59. The highest BCUT2D eigenvalue weighted by Crippen LogP contribution is 2.36. The molecule has 4 aromatic heterocycles. The Bertz CT molecular complexity index is 1720. The number of rotatable bonds is 12. The molecule has 0 fully saturated rings. The maximum atomic E-state index is 11.6. The van der Waals surface area contributed by atoms with Crippen LogP contribution in [0.25, 0.3) is 43.9 Å². The molecule has 0 aliphatic rings. The predicted octanol–water partition coefficient (Wildman–Crippen LogP) is 7.58. The molecule has 6 rings (SSSR count). The van der Waals surface area contributed by atoms with Crippen molar-refractivity contribution in [2.45, 2.75) is 44.9 Å². The van der Waals surface area contributed by atoms with E-state index in [1.165, 1.54) is 12.1 Å². The maximum absolute atomic E-state index is 11.6. The Morgan fingerprint density at radius 1 is 0.487 bits per heavy atom. The first kappa shape index (κ1) is 24.9. The van der Waals surface area contributed by atoms with E-state index in [4.69, 9.17) is 27.1 Å². The van der Waals surface area contributed by atoms with Crippen molar-refractivity contribution in [3.8, 4) is 11.5 Å². The third-order valence-corrected chi connectivity index (χ3v) is 6.90. The first-order valence-electron chi connectivity index (χ1n) is 13.3. The van der Waals surface area contributed by atoms with Crippen molar-refractivity contribution in [2.75, 3.05) is 13.2 Å². The standard InChI is InChI=1S/C31H28O8/c32-28-10-8-20-26(38-28)18-24-22(12-16-34-24)30(20)36-14-6-4-2-1-3-5-7-15-37-31-21-9-11-29(33)39-27(21)19-25-23(31)13-17-35-25/h8-13,16-19H,1-7,14-15H2. The number of fused-ring (bicyclic) bond motifs is 4. The molecular weight excluding hydrogens is 500 g/mol. The molecule has 0 aliphatic heterocycles. The van der Waals surface area contributed by atoms with Crippen molar-refractivity contribution in [3.05, 3.63) is 81.9 Å². The molecule has 0 aliphatic carbocycles. The third-order valence-electron chi connectivity index (χ3n) is 6.90. The van der Waals surface area contributed by atoms with E-state index in [-0.39, 0.29) is 0 Å². The number of hydrogen-bond donors (Lipinski definition) is 0. The minimum Gasteiger partial charge on any atom is -0.492 e. The first-order chi connectivity index (χ1) is 19.2. The number of hydrogen-bond acceptors (Lipinski definition) is 8. The third kappa shape index (κ3) is 5.27. The van der Waals surface area contributed by atoms with E-state index in [0.717, 1.165) is 66.5 Å². The Kier molecular flexibility index (Phi) is 7.08. The summed E-state index contributed by atoms with van der Waals surface area (Å²) < 4.78 is 33.9. The second-order valence-corrected chi connectivity index (χ2v) is 9.58. The van der Waals surface area contributed by atoms with Gasteiger partial charge in [-0.05, 0) is 37.1 Å². The van der Waals surface area contributed by atoms with Crippen LogP contribution < -0.4 is 20.7 Å². The molecule has 0 unspecified atom stereocenters. The molecular formula is C31H28O8. The molecule has 0 amide bonds. The zero-order chi connectivity index (χ0) is 26.6. The van der Waals surface area contributed by atoms with Gasteiger partial charge in [-0.15, -0.1) is 0 Å². The van der Waals surface area contributed by atoms with Gasteiger partial charge in [-0.1, -0.05) is 32.1 Å². The Labute approximate surface area is 222 Å². The van der Waals surface area contributed by atoms with Crippen molar-refractivity contribution in [2.24, 2.45) is 0 Å². The number of unbranched alkanes of at least 4 members (excludes halogenated alkanes) is 6. The van der Waals surface area contributed by atoms with Crippen LogP contribution in [0.4, 0.5) is 0 Å². The van der Waals surface area contributed by atoms with Crippen molar-refractivity contribution in [1.29, 1.82) is 0 Å². The summed E-state index contributed by atoms with van der Waals surface area (Å²) in [6, 6.07) is 13.5. The van der Waals surface area contributed by atoms with E-state index < -0.39 is 11.3 Å². The SMILES string of the molecule is O=c1ccc2c(OCCCCCCCCCOc3c4ccoc4cc4oc(=O)ccc34)c3ccoc3cc2o1. The molecule has 8 heteroatoms. The number of furan rings is 2. The fourth-order valence-corrected chi connectivity index (χ4v) is 4.97. The van der Waals surface area contributed by atoms with E-state index in [1.54, 1.807) is 36.8 Å². The minimum atomic E-state index is -0.399. The highest BCUT2D eigenvalue weighted by atomic mass is 16.5. The minimum absolute atomic E-state index is 0.399. The molecule has 0 spiro atoms. The number of ether oxygens (including phenoxy) is 2. The normalized spacial score (nSPS) is 11.7. The Morgan fingerprint density at radius 2 is 0.897 bits per heavy atom. The van der Waals surface area contributed by atoms with Gasteiger partial charge < -0.3 is 27.1 Å². The predicted molar refractivity (Wildman–Crippen MR) is 148 cm³/mol. The lowest BCUT2D eigenvalue weighted by Crippen LogP contribution is -2.01. The Hall–Kier alpha value is -4.46. The van der Waals surface area contributed by atoms with E-state index in [9.17, 15) is 9.59 Å². The summed E-state index contributed by atoms with van der Waals surface area (Å²) in [4.78, 5) is 23.2. The smallest absolute Gasteiger partial charge is 0.336 e. The summed E-state index contributed by atoms with van der Waals surface area (Å²) in [6.07, 6.45) is 10.7. The lowest BCUT2D eigenvalue weighted by Gasteiger charge is -2.10. The molecule has 6 aromatic rings. The topological polar surface area (TPSA) is 105 Å². The summed E-state index contributed by atoms with van der Waals surface area (Å²) in [5.74, 6) is 1.39. The highest BCUT2D eigenvalue weighted by molar-refractivity contribution is 6.02. The molecule has 0 bridgehead atoms. The molecule has 0 radical (unpaired) electrons. The summed E-state index contributed by atoms with van der Waals surface area (Å²) >= 11 is 0. The molecule has 8 nitrogen and oxygen atoms in total. The van der Waals surface area contributed by atoms with Crippen molar-refractivity contribution < 1.29 is 27.1 Å². The molecule has 0 N–H and O–H groups in total. The van der Waals surface area contributed by atoms with Gasteiger partial charge in [0.25, 0.3) is 0 Å². The van der Waals surface area contributed by atoms with Gasteiger partial charge in [0.15, 0.2) is 0 Å². The largest absolute Gasteiger partial charge is 0.492 e. The second kappa shape index (κ2) is 11.1. The molecule has 0 saturated heterocycles. The van der Waals surface area contributed by atoms with E-state index >= 15 is 0 Å². The van der Waals surface area contributed by atoms with E-state index in [2.05, 4.69) is 0 Å². The molecule has 0 atom stereocenters. The quantitative estimate of drug-likeness (QED) is 0.118. The van der Waals surface area contributed by atoms with Crippen LogP contribution in [0, 0.1) is 0 Å². The summed E-state index contributed by atoms with van der Waals surface area (Å²) in [7, 11) is 0. The lowest BCUT2D eigenvalue weighted by molar-refractivity contribution is 0.306. The Morgan fingerprint density at radius 3 is 1.36 bits per heavy atom. The van der Waals surface area contributed by atoms with Crippen LogP contribution in [0.1, 0.15) is 44.9 Å². The maximum Gasteiger partial charge on any atom is 0.336 e. The average molecular weight is 529 g/mol. The van der Waals surface area contributed by atoms with Crippen LogP contribution in [0.5, 0.6) is 11.5 Å². The van der Waals surface area contributed by atoms with E-state index in [0.29, 0.717) is 47.0 Å². The van der Waals surface area contributed by atoms with Crippen LogP contribution in [-0.2, 0) is 0 Å². The van der Waals surface area contributed by atoms with Gasteiger partial charge in [0.05, 0.1) is 47.3 Å². The first-order valence-corrected chi connectivity index (χ1v) is 13.3. The fourth-order valence-electron chi connectivity index (χ4n) is 4.97. The van der Waals surface area contributed by atoms with Gasteiger partial charge in [0.2, 0.25) is 0 Å². The van der Waals surface area contributed by atoms with Gasteiger partial charge in [0, 0.05) is 24.3 Å². The van der Waals surface area contributed by atoms with Gasteiger partial charge in [0.1, 0.15) is 33.8 Å². The monoisotopic (exact) mass is 528 g/mol. The molecule has 0 saturated carbocycles. The van der Waals surface area contributed by atoms with Crippen LogP contribution >= 0.6 is 0 Å². The summed E-state index contributed by atoms with van der Waals surface area (Å²) in [5.41, 5.74) is 1.40. The van der Waals surface area contributed by atoms with Gasteiger partial charge >= 0.3 is 11.3 Å². The van der Waals surface area contributed by atoms with Crippen molar-refractivity contribution in [3.63, 3.8) is 0 Å². The van der Waals surface area contributed by atoms with Gasteiger partial charge in [-0.2, -0.15) is 0 Å². The molecule has 39 heavy (non-hydrogen) atoms. The highest BCUT2D eigenvalue weighted by Gasteiger charge is 2.14. The van der Waals surface area contributed by atoms with Crippen molar-refractivity contribution >= 4 is 43.9 Å². The molecule has 2 aromatic carbocycles. The van der Waals surface area contributed by atoms with Crippen LogP contribution in [-0.4, -0.2) is 13.2 Å². The van der Waals surface area contributed by atoms with E-state index in [1.807, 2.05) is 12.1 Å². The van der Waals surface area contributed by atoms with Gasteiger partial charge in [-0.25, -0.2) is 9.59 Å². The van der Waals surface area contributed by atoms with Crippen LogP contribution in [0.15, 0.2) is 88.3 Å².